The van der Waals surface area contributed by atoms with Gasteiger partial charge in [-0.25, -0.2) is 23.7 Å². The van der Waals surface area contributed by atoms with Crippen molar-refractivity contribution in [3.63, 3.8) is 0 Å². The zero-order valence-electron chi connectivity index (χ0n) is 18.7. The molecule has 0 aromatic carbocycles. The molecule has 9 nitrogen and oxygen atoms in total. The average molecular weight is 487 g/mol. The molecule has 1 aliphatic heterocycles. The predicted molar refractivity (Wildman–Crippen MR) is 122 cm³/mol. The van der Waals surface area contributed by atoms with Gasteiger partial charge < -0.3 is 20.9 Å². The summed E-state index contributed by atoms with van der Waals surface area (Å²) in [6.07, 6.45) is 3.79. The number of pyridine rings is 1. The van der Waals surface area contributed by atoms with Crippen molar-refractivity contribution in [2.45, 2.75) is 56.5 Å². The minimum absolute atomic E-state index is 0.0757. The van der Waals surface area contributed by atoms with Gasteiger partial charge in [0.2, 0.25) is 17.8 Å². The molecule has 2 fully saturated rings. The van der Waals surface area contributed by atoms with Crippen molar-refractivity contribution in [1.29, 1.82) is 0 Å². The lowest BCUT2D eigenvalue weighted by Gasteiger charge is -2.29. The Kier molecular flexibility index (Phi) is 6.03. The highest BCUT2D eigenvalue weighted by molar-refractivity contribution is 6.18. The van der Waals surface area contributed by atoms with E-state index in [1.165, 1.54) is 24.7 Å². The maximum absolute atomic E-state index is 14.9. The summed E-state index contributed by atoms with van der Waals surface area (Å²) in [4.78, 5) is 40.1. The molecule has 3 aromatic heterocycles. The summed E-state index contributed by atoms with van der Waals surface area (Å²) in [6, 6.07) is 2.40. The predicted octanol–water partition coefficient (Wildman–Crippen LogP) is 3.40. The molecule has 35 heavy (non-hydrogen) atoms. The van der Waals surface area contributed by atoms with E-state index in [-0.39, 0.29) is 67.0 Å². The van der Waals surface area contributed by atoms with Gasteiger partial charge in [-0.05, 0) is 31.4 Å². The van der Waals surface area contributed by atoms with Crippen molar-refractivity contribution in [3.05, 3.63) is 41.7 Å². The zero-order valence-corrected chi connectivity index (χ0v) is 18.7. The number of carbonyl (C=O) groups is 2. The number of carbonyl (C=O) groups excluding carboxylic acids is 2. The van der Waals surface area contributed by atoms with Crippen LogP contribution in [0.25, 0.3) is 11.0 Å². The van der Waals surface area contributed by atoms with Gasteiger partial charge in [-0.1, -0.05) is 0 Å². The van der Waals surface area contributed by atoms with E-state index in [0.29, 0.717) is 29.8 Å². The molecule has 184 valence electrons. The first-order chi connectivity index (χ1) is 16.8. The number of ketones is 1. The SMILES string of the molecule is O=C1CC(Nc2ncnc3[nH]cc(C(=O)c4ccc(NC5CCC(F)(F)CC5)nc4F)c23)CCN1. The molecule has 0 radical (unpaired) electrons. The van der Waals surface area contributed by atoms with E-state index in [2.05, 4.69) is 35.9 Å². The highest BCUT2D eigenvalue weighted by Crippen LogP contribution is 2.34. The zero-order chi connectivity index (χ0) is 24.6. The Balaban J connectivity index is 1.37. The van der Waals surface area contributed by atoms with Crippen LogP contribution in [0.4, 0.5) is 24.8 Å². The maximum Gasteiger partial charge on any atom is 0.248 e. The van der Waals surface area contributed by atoms with Crippen LogP contribution in [0.5, 0.6) is 0 Å². The molecular formula is C23H24F3N7O2. The summed E-state index contributed by atoms with van der Waals surface area (Å²) in [5, 5.41) is 9.35. The number of anilines is 2. The summed E-state index contributed by atoms with van der Waals surface area (Å²) in [7, 11) is 0. The number of H-pyrrole nitrogens is 1. The molecular weight excluding hydrogens is 463 g/mol. The summed E-state index contributed by atoms with van der Waals surface area (Å²) in [5.74, 6) is -3.74. The molecule has 1 saturated heterocycles. The lowest BCUT2D eigenvalue weighted by atomic mass is 9.92. The average Bonchev–Trinajstić information content (AvgIpc) is 3.26. The van der Waals surface area contributed by atoms with Crippen LogP contribution in [0.2, 0.25) is 0 Å². The Labute approximate surface area is 198 Å². The molecule has 0 bridgehead atoms. The Morgan fingerprint density at radius 1 is 1.06 bits per heavy atom. The third-order valence-electron chi connectivity index (χ3n) is 6.46. The number of aromatic amines is 1. The van der Waals surface area contributed by atoms with Gasteiger partial charge >= 0.3 is 0 Å². The van der Waals surface area contributed by atoms with Crippen molar-refractivity contribution in [2.75, 3.05) is 17.2 Å². The molecule has 1 amide bonds. The molecule has 1 unspecified atom stereocenters. The van der Waals surface area contributed by atoms with Gasteiger partial charge in [0.1, 0.15) is 23.6 Å². The number of hydrogen-bond acceptors (Lipinski definition) is 7. The number of amides is 1. The number of nitrogens with one attached hydrogen (secondary N) is 4. The van der Waals surface area contributed by atoms with Crippen LogP contribution in [-0.2, 0) is 4.79 Å². The molecule has 1 aliphatic carbocycles. The first-order valence-electron chi connectivity index (χ1n) is 11.5. The quantitative estimate of drug-likeness (QED) is 0.310. The first kappa shape index (κ1) is 23.1. The Bertz CT molecular complexity index is 1270. The fraction of sp³-hybridized carbons (Fsp3) is 0.435. The summed E-state index contributed by atoms with van der Waals surface area (Å²) >= 11 is 0. The molecule has 0 spiro atoms. The fourth-order valence-corrected chi connectivity index (χ4v) is 4.57. The van der Waals surface area contributed by atoms with Crippen LogP contribution in [0.1, 0.15) is 54.4 Å². The molecule has 1 saturated carbocycles. The second-order valence-corrected chi connectivity index (χ2v) is 8.97. The van der Waals surface area contributed by atoms with Gasteiger partial charge in [0, 0.05) is 44.1 Å². The standard InChI is InChI=1S/C23H24F3N7O2/c24-20-14(1-2-16(33-20)31-12-3-6-23(25,26)7-4-12)19(35)15-10-28-21-18(15)22(30-11-29-21)32-13-5-8-27-17(34)9-13/h1-2,10-13H,3-9H2,(H,27,34)(H,31,33)(H2,28,29,30,32). The van der Waals surface area contributed by atoms with Gasteiger partial charge in [-0.2, -0.15) is 4.39 Å². The number of aromatic nitrogens is 4. The monoisotopic (exact) mass is 487 g/mol. The van der Waals surface area contributed by atoms with E-state index in [9.17, 15) is 22.8 Å². The number of alkyl halides is 2. The normalized spacial score (nSPS) is 20.4. The van der Waals surface area contributed by atoms with Crippen LogP contribution < -0.4 is 16.0 Å². The molecule has 4 N–H and O–H groups in total. The van der Waals surface area contributed by atoms with Gasteiger partial charge in [0.25, 0.3) is 0 Å². The van der Waals surface area contributed by atoms with E-state index < -0.39 is 17.7 Å². The lowest BCUT2D eigenvalue weighted by Crippen LogP contribution is -2.39. The Morgan fingerprint density at radius 3 is 2.60 bits per heavy atom. The second-order valence-electron chi connectivity index (χ2n) is 8.97. The van der Waals surface area contributed by atoms with Crippen molar-refractivity contribution in [3.8, 4) is 0 Å². The maximum atomic E-state index is 14.9. The molecule has 12 heteroatoms. The second kappa shape index (κ2) is 9.16. The van der Waals surface area contributed by atoms with Crippen molar-refractivity contribution in [2.24, 2.45) is 0 Å². The number of halogens is 3. The summed E-state index contributed by atoms with van der Waals surface area (Å²) in [6.45, 7) is 0.532. The number of nitrogens with zero attached hydrogens (tertiary/aromatic N) is 3. The molecule has 3 aromatic rings. The lowest BCUT2D eigenvalue weighted by molar-refractivity contribution is -0.122. The van der Waals surface area contributed by atoms with E-state index in [0.717, 1.165) is 0 Å². The van der Waals surface area contributed by atoms with Crippen molar-refractivity contribution in [1.82, 2.24) is 25.3 Å². The van der Waals surface area contributed by atoms with Crippen LogP contribution in [0.15, 0.2) is 24.7 Å². The summed E-state index contributed by atoms with van der Waals surface area (Å²) in [5.41, 5.74) is 0.324. The van der Waals surface area contributed by atoms with Crippen LogP contribution in [-0.4, -0.2) is 56.2 Å². The molecule has 4 heterocycles. The van der Waals surface area contributed by atoms with Crippen LogP contribution in [0.3, 0.4) is 0 Å². The highest BCUT2D eigenvalue weighted by atomic mass is 19.3. The number of piperidine rings is 1. The topological polar surface area (TPSA) is 125 Å². The molecule has 2 aliphatic rings. The highest BCUT2D eigenvalue weighted by Gasteiger charge is 2.35. The van der Waals surface area contributed by atoms with Gasteiger partial charge in [-0.15, -0.1) is 0 Å². The Morgan fingerprint density at radius 2 is 1.86 bits per heavy atom. The largest absolute Gasteiger partial charge is 0.367 e. The number of hydrogen-bond donors (Lipinski definition) is 4. The third-order valence-corrected chi connectivity index (χ3v) is 6.46. The Hall–Kier alpha value is -3.70. The van der Waals surface area contributed by atoms with Crippen LogP contribution >= 0.6 is 0 Å². The van der Waals surface area contributed by atoms with E-state index >= 15 is 0 Å². The van der Waals surface area contributed by atoms with Crippen molar-refractivity contribution >= 4 is 34.4 Å². The molecule has 1 atom stereocenters. The smallest absolute Gasteiger partial charge is 0.248 e. The van der Waals surface area contributed by atoms with E-state index in [1.807, 2.05) is 0 Å². The minimum Gasteiger partial charge on any atom is -0.367 e. The number of fused-ring (bicyclic) bond motifs is 1. The molecule has 5 rings (SSSR count). The fourth-order valence-electron chi connectivity index (χ4n) is 4.57. The minimum atomic E-state index is -2.66. The third kappa shape index (κ3) is 4.91. The number of rotatable bonds is 6. The van der Waals surface area contributed by atoms with Crippen LogP contribution in [0, 0.1) is 5.95 Å². The van der Waals surface area contributed by atoms with E-state index in [4.69, 9.17) is 0 Å². The summed E-state index contributed by atoms with van der Waals surface area (Å²) < 4.78 is 41.6. The van der Waals surface area contributed by atoms with Crippen molar-refractivity contribution < 1.29 is 22.8 Å². The van der Waals surface area contributed by atoms with Gasteiger partial charge in [0.15, 0.2) is 5.78 Å². The van der Waals surface area contributed by atoms with Gasteiger partial charge in [0.05, 0.1) is 16.5 Å². The van der Waals surface area contributed by atoms with Gasteiger partial charge in [-0.3, -0.25) is 9.59 Å². The van der Waals surface area contributed by atoms with E-state index in [1.54, 1.807) is 0 Å². The first-order valence-corrected chi connectivity index (χ1v) is 11.5.